The second-order valence-electron chi connectivity index (χ2n) is 2.65. The fourth-order valence-corrected chi connectivity index (χ4v) is 0.911. The van der Waals surface area contributed by atoms with E-state index in [9.17, 15) is 4.79 Å². The van der Waals surface area contributed by atoms with Gasteiger partial charge in [0.15, 0.2) is 5.75 Å². The van der Waals surface area contributed by atoms with Crippen molar-refractivity contribution < 1.29 is 14.3 Å². The van der Waals surface area contributed by atoms with E-state index >= 15 is 0 Å². The van der Waals surface area contributed by atoms with Gasteiger partial charge in [-0.15, -0.1) is 0 Å². The maximum Gasteiger partial charge on any atom is 0.337 e. The van der Waals surface area contributed by atoms with E-state index in [0.29, 0.717) is 18.0 Å². The molecule has 1 aromatic rings. The Balaban J connectivity index is 2.52. The average molecular weight is 195 g/mol. The summed E-state index contributed by atoms with van der Waals surface area (Å²) < 4.78 is 9.85. The van der Waals surface area contributed by atoms with Crippen molar-refractivity contribution in [2.45, 2.75) is 6.92 Å². The normalized spacial score (nSPS) is 9.79. The van der Waals surface area contributed by atoms with Crippen molar-refractivity contribution in [3.8, 4) is 5.75 Å². The van der Waals surface area contributed by atoms with Gasteiger partial charge < -0.3 is 15.2 Å². The maximum atomic E-state index is 11.1. The number of ether oxygens (including phenoxy) is 2. The molecule has 0 heterocycles. The Kier molecular flexibility index (Phi) is 3.94. The molecule has 0 saturated carbocycles. The molecule has 0 aliphatic heterocycles. The first kappa shape index (κ1) is 10.5. The fraction of sp³-hybridized carbons (Fsp3) is 0.300. The third-order valence-electron chi connectivity index (χ3n) is 1.57. The molecule has 0 atom stereocenters. The summed E-state index contributed by atoms with van der Waals surface area (Å²) in [5.74, 6) is -0.0676. The Morgan fingerprint density at radius 2 is 2.14 bits per heavy atom. The zero-order valence-electron chi connectivity index (χ0n) is 8.03. The van der Waals surface area contributed by atoms with Crippen molar-refractivity contribution in [1.82, 2.24) is 0 Å². The number of carbonyl (C=O) groups excluding carboxylic acids is 1. The summed E-state index contributed by atoms with van der Waals surface area (Å²) in [6.07, 6.45) is 0. The van der Waals surface area contributed by atoms with Crippen molar-refractivity contribution in [3.05, 3.63) is 24.3 Å². The highest BCUT2D eigenvalue weighted by atomic mass is 16.6. The molecule has 0 amide bonds. The highest BCUT2D eigenvalue weighted by Gasteiger charge is 2.06. The van der Waals surface area contributed by atoms with Gasteiger partial charge in [-0.1, -0.05) is 12.1 Å². The molecular weight excluding hydrogens is 182 g/mol. The van der Waals surface area contributed by atoms with Gasteiger partial charge in [0.2, 0.25) is 0 Å². The largest absolute Gasteiger partial charge is 0.423 e. The first-order chi connectivity index (χ1) is 6.74. The molecule has 14 heavy (non-hydrogen) atoms. The van der Waals surface area contributed by atoms with Crippen LogP contribution in [0.25, 0.3) is 0 Å². The molecule has 0 fully saturated rings. The van der Waals surface area contributed by atoms with E-state index in [2.05, 4.69) is 0 Å². The van der Waals surface area contributed by atoms with E-state index < -0.39 is 5.97 Å². The molecule has 4 heteroatoms. The lowest BCUT2D eigenvalue weighted by atomic mass is 10.3. The fourth-order valence-electron chi connectivity index (χ4n) is 0.911. The zero-order chi connectivity index (χ0) is 10.4. The van der Waals surface area contributed by atoms with Gasteiger partial charge in [-0.05, 0) is 19.1 Å². The summed E-state index contributed by atoms with van der Waals surface area (Å²) in [4.78, 5) is 11.1. The van der Waals surface area contributed by atoms with E-state index in [0.717, 1.165) is 0 Å². The molecule has 0 aliphatic rings. The molecule has 0 unspecified atom stereocenters. The van der Waals surface area contributed by atoms with Gasteiger partial charge >= 0.3 is 5.97 Å². The van der Waals surface area contributed by atoms with Gasteiger partial charge in [-0.2, -0.15) is 0 Å². The number of anilines is 1. The molecule has 0 saturated heterocycles. The van der Waals surface area contributed by atoms with Gasteiger partial charge in [0.25, 0.3) is 0 Å². The van der Waals surface area contributed by atoms with Crippen molar-refractivity contribution in [2.24, 2.45) is 0 Å². The molecule has 0 aliphatic carbocycles. The molecule has 2 N–H and O–H groups in total. The van der Waals surface area contributed by atoms with Crippen LogP contribution in [0.3, 0.4) is 0 Å². The van der Waals surface area contributed by atoms with Crippen LogP contribution < -0.4 is 10.5 Å². The summed E-state index contributed by atoms with van der Waals surface area (Å²) in [7, 11) is 0. The zero-order valence-corrected chi connectivity index (χ0v) is 8.03. The lowest BCUT2D eigenvalue weighted by Crippen LogP contribution is -2.16. The number of carbonyl (C=O) groups is 1. The molecule has 4 nitrogen and oxygen atoms in total. The lowest BCUT2D eigenvalue weighted by molar-refractivity contribution is -0.139. The number of rotatable bonds is 4. The molecule has 76 valence electrons. The average Bonchev–Trinajstić information content (AvgIpc) is 2.18. The van der Waals surface area contributed by atoms with E-state index in [4.69, 9.17) is 15.2 Å². The molecule has 0 spiro atoms. The Hall–Kier alpha value is -1.55. The van der Waals surface area contributed by atoms with Crippen molar-refractivity contribution in [1.29, 1.82) is 0 Å². The Labute approximate surface area is 82.6 Å². The Morgan fingerprint density at radius 3 is 2.79 bits per heavy atom. The van der Waals surface area contributed by atoms with Crippen LogP contribution in [-0.4, -0.2) is 19.2 Å². The van der Waals surface area contributed by atoms with Crippen LogP contribution in [0.4, 0.5) is 5.69 Å². The quantitative estimate of drug-likeness (QED) is 0.445. The van der Waals surface area contributed by atoms with Gasteiger partial charge in [-0.3, -0.25) is 0 Å². The molecular formula is C10H13NO3. The smallest absolute Gasteiger partial charge is 0.337 e. The second-order valence-corrected chi connectivity index (χ2v) is 2.65. The van der Waals surface area contributed by atoms with Crippen LogP contribution in [0.15, 0.2) is 24.3 Å². The van der Waals surface area contributed by atoms with Gasteiger partial charge in [0, 0.05) is 6.61 Å². The third-order valence-corrected chi connectivity index (χ3v) is 1.57. The van der Waals surface area contributed by atoms with Crippen molar-refractivity contribution >= 4 is 11.7 Å². The SMILES string of the molecule is CCOCC(=O)Oc1ccccc1N. The number of nitrogen functional groups attached to an aromatic ring is 1. The minimum atomic E-state index is -0.440. The second kappa shape index (κ2) is 5.24. The molecule has 0 bridgehead atoms. The Bertz CT molecular complexity index is 312. The first-order valence-electron chi connectivity index (χ1n) is 4.37. The first-order valence-corrected chi connectivity index (χ1v) is 4.37. The lowest BCUT2D eigenvalue weighted by Gasteiger charge is -2.06. The van der Waals surface area contributed by atoms with Crippen LogP contribution >= 0.6 is 0 Å². The van der Waals surface area contributed by atoms with E-state index in [-0.39, 0.29) is 6.61 Å². The monoisotopic (exact) mass is 195 g/mol. The predicted octanol–water partition coefficient (Wildman–Crippen LogP) is 1.21. The van der Waals surface area contributed by atoms with Crippen LogP contribution in [0.5, 0.6) is 5.75 Å². The van der Waals surface area contributed by atoms with E-state index in [1.54, 1.807) is 24.3 Å². The summed E-state index contributed by atoms with van der Waals surface area (Å²) in [6, 6.07) is 6.83. The van der Waals surface area contributed by atoms with Gasteiger partial charge in [-0.25, -0.2) is 4.79 Å². The summed E-state index contributed by atoms with van der Waals surface area (Å²) >= 11 is 0. The summed E-state index contributed by atoms with van der Waals surface area (Å²) in [5, 5.41) is 0. The van der Waals surface area contributed by atoms with Crippen molar-refractivity contribution in [2.75, 3.05) is 18.9 Å². The van der Waals surface area contributed by atoms with Crippen molar-refractivity contribution in [3.63, 3.8) is 0 Å². The molecule has 1 aromatic carbocycles. The number of para-hydroxylation sites is 2. The maximum absolute atomic E-state index is 11.1. The third kappa shape index (κ3) is 3.06. The number of benzene rings is 1. The van der Waals surface area contributed by atoms with Crippen LogP contribution in [0, 0.1) is 0 Å². The number of hydrogen-bond acceptors (Lipinski definition) is 4. The number of nitrogens with two attached hydrogens (primary N) is 1. The van der Waals surface area contributed by atoms with Crippen LogP contribution in [0.2, 0.25) is 0 Å². The minimum Gasteiger partial charge on any atom is -0.423 e. The summed E-state index contributed by atoms with van der Waals surface area (Å²) in [6.45, 7) is 2.24. The minimum absolute atomic E-state index is 0.0508. The highest BCUT2D eigenvalue weighted by molar-refractivity contribution is 5.75. The van der Waals surface area contributed by atoms with Crippen LogP contribution in [-0.2, 0) is 9.53 Å². The van der Waals surface area contributed by atoms with E-state index in [1.165, 1.54) is 0 Å². The number of hydrogen-bond donors (Lipinski definition) is 1. The molecule has 0 aromatic heterocycles. The Morgan fingerprint density at radius 1 is 1.43 bits per heavy atom. The summed E-state index contributed by atoms with van der Waals surface area (Å²) in [5.41, 5.74) is 6.02. The van der Waals surface area contributed by atoms with Gasteiger partial charge in [0.1, 0.15) is 6.61 Å². The van der Waals surface area contributed by atoms with Crippen LogP contribution in [0.1, 0.15) is 6.92 Å². The predicted molar refractivity (Wildman–Crippen MR) is 53.0 cm³/mol. The topological polar surface area (TPSA) is 61.5 Å². The van der Waals surface area contributed by atoms with E-state index in [1.807, 2.05) is 6.92 Å². The number of esters is 1. The highest BCUT2D eigenvalue weighted by Crippen LogP contribution is 2.19. The molecule has 0 radical (unpaired) electrons. The van der Waals surface area contributed by atoms with Gasteiger partial charge in [0.05, 0.1) is 5.69 Å². The molecule has 1 rings (SSSR count). The standard InChI is InChI=1S/C10H13NO3/c1-2-13-7-10(12)14-9-6-4-3-5-8(9)11/h3-6H,2,7,11H2,1H3.